The molecule has 0 saturated heterocycles. The van der Waals surface area contributed by atoms with Crippen molar-refractivity contribution >= 4 is 23.0 Å². The lowest BCUT2D eigenvalue weighted by atomic mass is 10.1. The molecule has 0 fully saturated rings. The lowest BCUT2D eigenvalue weighted by Gasteiger charge is -2.10. The molecule has 0 saturated carbocycles. The predicted molar refractivity (Wildman–Crippen MR) is 74.7 cm³/mol. The van der Waals surface area contributed by atoms with E-state index in [1.165, 1.54) is 12.1 Å². The molecule has 120 valence electrons. The number of hydrogen-bond acceptors (Lipinski definition) is 2. The Kier molecular flexibility index (Phi) is 3.75. The quantitative estimate of drug-likeness (QED) is 0.648. The molecule has 0 spiro atoms. The smallest absolute Gasteiger partial charge is 0.429 e. The Morgan fingerprint density at radius 2 is 1.78 bits per heavy atom. The third-order valence-corrected chi connectivity index (χ3v) is 3.48. The molecular formula is C15H7ClF5NO. The first-order chi connectivity index (χ1) is 10.7. The van der Waals surface area contributed by atoms with Gasteiger partial charge in [0.25, 0.3) is 0 Å². The zero-order valence-electron chi connectivity index (χ0n) is 11.2. The van der Waals surface area contributed by atoms with Gasteiger partial charge >= 0.3 is 6.18 Å². The predicted octanol–water partition coefficient (Wildman–Crippen LogP) is 5.60. The molecule has 1 heterocycles. The van der Waals surface area contributed by atoms with E-state index in [2.05, 4.69) is 4.99 Å². The number of benzene rings is 2. The third kappa shape index (κ3) is 3.14. The Bertz CT molecular complexity index is 816. The average molecular weight is 348 g/mol. The van der Waals surface area contributed by atoms with Crippen molar-refractivity contribution in [2.45, 2.75) is 12.6 Å². The van der Waals surface area contributed by atoms with Gasteiger partial charge in [-0.25, -0.2) is 13.8 Å². The summed E-state index contributed by atoms with van der Waals surface area (Å²) in [6.07, 6.45) is -4.95. The molecule has 0 unspecified atom stereocenters. The van der Waals surface area contributed by atoms with Crippen LogP contribution in [0.4, 0.5) is 27.6 Å². The second-order valence-corrected chi connectivity index (χ2v) is 5.23. The van der Waals surface area contributed by atoms with E-state index in [9.17, 15) is 22.0 Å². The van der Waals surface area contributed by atoms with Crippen LogP contribution in [0.2, 0.25) is 5.02 Å². The normalized spacial score (nSPS) is 13.7. The van der Waals surface area contributed by atoms with E-state index in [4.69, 9.17) is 16.3 Å². The highest BCUT2D eigenvalue weighted by Crippen LogP contribution is 2.40. The molecule has 0 aliphatic carbocycles. The van der Waals surface area contributed by atoms with Gasteiger partial charge in [-0.2, -0.15) is 13.2 Å². The molecule has 0 amide bonds. The first kappa shape index (κ1) is 15.7. The standard InChI is InChI=1S/C15H7ClF5NO/c16-9-6-11-7(4-14(22-11)15(19,20)21)3-13(9)23-12-2-1-8(17)5-10(12)18/h1-3,5-6H,4H2. The Balaban J connectivity index is 1.91. The van der Waals surface area contributed by atoms with Gasteiger partial charge in [0.1, 0.15) is 17.3 Å². The molecular weight excluding hydrogens is 341 g/mol. The van der Waals surface area contributed by atoms with Crippen molar-refractivity contribution in [1.29, 1.82) is 0 Å². The van der Waals surface area contributed by atoms with Gasteiger partial charge in [-0.15, -0.1) is 0 Å². The largest absolute Gasteiger partial charge is 0.453 e. The van der Waals surface area contributed by atoms with Gasteiger partial charge in [0.15, 0.2) is 11.6 Å². The monoisotopic (exact) mass is 347 g/mol. The van der Waals surface area contributed by atoms with Crippen LogP contribution in [-0.4, -0.2) is 11.9 Å². The number of halogens is 6. The molecule has 0 aromatic heterocycles. The highest BCUT2D eigenvalue weighted by Gasteiger charge is 2.38. The van der Waals surface area contributed by atoms with E-state index >= 15 is 0 Å². The number of nitrogens with zero attached hydrogens (tertiary/aromatic N) is 1. The number of fused-ring (bicyclic) bond motifs is 1. The third-order valence-electron chi connectivity index (χ3n) is 3.19. The first-order valence-corrected chi connectivity index (χ1v) is 6.72. The van der Waals surface area contributed by atoms with Gasteiger partial charge in [-0.05, 0) is 29.8 Å². The van der Waals surface area contributed by atoms with Crippen LogP contribution in [0.3, 0.4) is 0 Å². The molecule has 0 radical (unpaired) electrons. The highest BCUT2D eigenvalue weighted by atomic mass is 35.5. The number of ether oxygens (including phenoxy) is 1. The molecule has 3 rings (SSSR count). The minimum Gasteiger partial charge on any atom is -0.453 e. The van der Waals surface area contributed by atoms with Crippen LogP contribution in [0.25, 0.3) is 0 Å². The van der Waals surface area contributed by atoms with Gasteiger partial charge in [0, 0.05) is 12.5 Å². The lowest BCUT2D eigenvalue weighted by Crippen LogP contribution is -2.22. The van der Waals surface area contributed by atoms with Gasteiger partial charge in [0.05, 0.1) is 10.7 Å². The van der Waals surface area contributed by atoms with Crippen LogP contribution < -0.4 is 4.74 Å². The summed E-state index contributed by atoms with van der Waals surface area (Å²) in [5, 5.41) is -0.0281. The topological polar surface area (TPSA) is 21.6 Å². The molecule has 1 aliphatic heterocycles. The zero-order valence-corrected chi connectivity index (χ0v) is 12.0. The van der Waals surface area contributed by atoms with Crippen molar-refractivity contribution in [2.24, 2.45) is 4.99 Å². The van der Waals surface area contributed by atoms with Gasteiger partial charge in [-0.1, -0.05) is 11.6 Å². The summed E-state index contributed by atoms with van der Waals surface area (Å²) in [7, 11) is 0. The molecule has 1 aliphatic rings. The Labute approximate surface area is 132 Å². The van der Waals surface area contributed by atoms with E-state index in [0.717, 1.165) is 12.1 Å². The molecule has 0 atom stereocenters. The second-order valence-electron chi connectivity index (χ2n) is 4.82. The molecule has 2 nitrogen and oxygen atoms in total. The molecule has 23 heavy (non-hydrogen) atoms. The van der Waals surface area contributed by atoms with E-state index in [-0.39, 0.29) is 27.8 Å². The Morgan fingerprint density at radius 1 is 1.04 bits per heavy atom. The summed E-state index contributed by atoms with van der Waals surface area (Å²) in [5.74, 6) is -2.05. The van der Waals surface area contributed by atoms with E-state index < -0.39 is 29.9 Å². The van der Waals surface area contributed by atoms with Crippen LogP contribution in [0.5, 0.6) is 11.5 Å². The zero-order chi connectivity index (χ0) is 16.8. The van der Waals surface area contributed by atoms with Crippen molar-refractivity contribution in [3.8, 4) is 11.5 Å². The highest BCUT2D eigenvalue weighted by molar-refractivity contribution is 6.32. The first-order valence-electron chi connectivity index (χ1n) is 6.34. The minimum atomic E-state index is -4.53. The second kappa shape index (κ2) is 5.49. The fraction of sp³-hybridized carbons (Fsp3) is 0.133. The summed E-state index contributed by atoms with van der Waals surface area (Å²) in [6.45, 7) is 0. The fourth-order valence-electron chi connectivity index (χ4n) is 2.11. The summed E-state index contributed by atoms with van der Waals surface area (Å²) < 4.78 is 69.7. The van der Waals surface area contributed by atoms with Crippen molar-refractivity contribution in [2.75, 3.05) is 0 Å². The average Bonchev–Trinajstić information content (AvgIpc) is 2.85. The van der Waals surface area contributed by atoms with Gasteiger partial charge in [-0.3, -0.25) is 0 Å². The maximum Gasteiger partial charge on any atom is 0.429 e. The van der Waals surface area contributed by atoms with E-state index in [0.29, 0.717) is 6.07 Å². The molecule has 0 N–H and O–H groups in total. The Morgan fingerprint density at radius 3 is 2.43 bits per heavy atom. The van der Waals surface area contributed by atoms with Crippen LogP contribution in [0.15, 0.2) is 35.3 Å². The number of alkyl halides is 3. The molecule has 8 heteroatoms. The van der Waals surface area contributed by atoms with E-state index in [1.54, 1.807) is 0 Å². The van der Waals surface area contributed by atoms with Gasteiger partial charge < -0.3 is 4.74 Å². The SMILES string of the molecule is Fc1ccc(Oc2cc3c(cc2Cl)N=C(C(F)(F)F)C3)c(F)c1. The maximum atomic E-state index is 13.6. The molecule has 2 aromatic carbocycles. The summed E-state index contributed by atoms with van der Waals surface area (Å²) in [4.78, 5) is 3.49. The number of rotatable bonds is 2. The van der Waals surface area contributed by atoms with Crippen molar-refractivity contribution in [3.63, 3.8) is 0 Å². The van der Waals surface area contributed by atoms with Crippen molar-refractivity contribution < 1.29 is 26.7 Å². The van der Waals surface area contributed by atoms with E-state index in [1.807, 2.05) is 0 Å². The van der Waals surface area contributed by atoms with Crippen LogP contribution in [0.1, 0.15) is 5.56 Å². The summed E-state index contributed by atoms with van der Waals surface area (Å²) in [5.41, 5.74) is -0.581. The number of aliphatic imine (C=N–C) groups is 1. The molecule has 0 bridgehead atoms. The van der Waals surface area contributed by atoms with Crippen molar-refractivity contribution in [1.82, 2.24) is 0 Å². The minimum absolute atomic E-state index is 0.0281. The molecule has 2 aromatic rings. The van der Waals surface area contributed by atoms with Gasteiger partial charge in [0.2, 0.25) is 0 Å². The van der Waals surface area contributed by atoms with Crippen LogP contribution in [0, 0.1) is 11.6 Å². The fourth-order valence-corrected chi connectivity index (χ4v) is 2.31. The van der Waals surface area contributed by atoms with Crippen molar-refractivity contribution in [3.05, 3.63) is 52.6 Å². The summed E-state index contributed by atoms with van der Waals surface area (Å²) >= 11 is 5.93. The maximum absolute atomic E-state index is 13.6. The van der Waals surface area contributed by atoms with Crippen LogP contribution in [-0.2, 0) is 6.42 Å². The summed E-state index contributed by atoms with van der Waals surface area (Å²) in [6, 6.07) is 5.16. The van der Waals surface area contributed by atoms with Crippen LogP contribution >= 0.6 is 11.6 Å². The Hall–Kier alpha value is -2.15. The lowest BCUT2D eigenvalue weighted by molar-refractivity contribution is -0.0597. The number of hydrogen-bond donors (Lipinski definition) is 0.